The third-order valence-electron chi connectivity index (χ3n) is 4.40. The number of carbonyl (C=O) groups is 2. The minimum atomic E-state index is -0.205. The van der Waals surface area contributed by atoms with Gasteiger partial charge in [0.15, 0.2) is 0 Å². The van der Waals surface area contributed by atoms with E-state index in [-0.39, 0.29) is 43.3 Å². The van der Waals surface area contributed by atoms with Gasteiger partial charge >= 0.3 is 0 Å². The summed E-state index contributed by atoms with van der Waals surface area (Å²) in [6, 6.07) is -0.205. The number of aliphatic hydroxyl groups excluding tert-OH is 1. The summed E-state index contributed by atoms with van der Waals surface area (Å²) in [7, 11) is 1.60. The first-order valence-electron chi connectivity index (χ1n) is 9.22. The second-order valence-electron chi connectivity index (χ2n) is 6.34. The highest BCUT2D eigenvalue weighted by Gasteiger charge is 2.34. The highest BCUT2D eigenvalue weighted by molar-refractivity contribution is 5.85. The molecule has 0 aliphatic carbocycles. The highest BCUT2D eigenvalue weighted by Crippen LogP contribution is 2.21. The standard InChI is InChI=1S/C18H33NO6/c1-3-4-8-24-10-11-25-9-7-16(21)5-6-18(22)19-13-17(23-2)12-15(19)14-20/h15,17,20H,3-14H2,1-2H3/t15-,17+/m0/s1. The topological polar surface area (TPSA) is 85.3 Å². The fourth-order valence-corrected chi connectivity index (χ4v) is 2.79. The Morgan fingerprint density at radius 1 is 1.08 bits per heavy atom. The van der Waals surface area contributed by atoms with Crippen LogP contribution >= 0.6 is 0 Å². The molecular weight excluding hydrogens is 326 g/mol. The summed E-state index contributed by atoms with van der Waals surface area (Å²) in [6.07, 6.45) is 3.45. The van der Waals surface area contributed by atoms with Gasteiger partial charge < -0.3 is 24.2 Å². The maximum absolute atomic E-state index is 12.2. The summed E-state index contributed by atoms with van der Waals surface area (Å²) < 4.78 is 16.0. The molecule has 1 fully saturated rings. The Labute approximate surface area is 150 Å². The number of ketones is 1. The molecular formula is C18H33NO6. The van der Waals surface area contributed by atoms with Gasteiger partial charge in [-0.05, 0) is 12.8 Å². The lowest BCUT2D eigenvalue weighted by molar-refractivity contribution is -0.135. The molecule has 0 aromatic heterocycles. The van der Waals surface area contributed by atoms with Crippen molar-refractivity contribution in [3.63, 3.8) is 0 Å². The number of amides is 1. The molecule has 0 unspecified atom stereocenters. The number of hydrogen-bond donors (Lipinski definition) is 1. The van der Waals surface area contributed by atoms with Crippen LogP contribution in [-0.2, 0) is 23.8 Å². The molecule has 146 valence electrons. The van der Waals surface area contributed by atoms with E-state index < -0.39 is 0 Å². The largest absolute Gasteiger partial charge is 0.394 e. The first kappa shape index (κ1) is 22.0. The van der Waals surface area contributed by atoms with Crippen LogP contribution in [0.25, 0.3) is 0 Å². The van der Waals surface area contributed by atoms with Gasteiger partial charge in [0.25, 0.3) is 0 Å². The summed E-state index contributed by atoms with van der Waals surface area (Å²) in [5, 5.41) is 9.37. The maximum Gasteiger partial charge on any atom is 0.223 e. The van der Waals surface area contributed by atoms with Crippen LogP contribution in [0.15, 0.2) is 0 Å². The monoisotopic (exact) mass is 359 g/mol. The number of unbranched alkanes of at least 4 members (excludes halogenated alkanes) is 1. The van der Waals surface area contributed by atoms with E-state index in [4.69, 9.17) is 14.2 Å². The van der Waals surface area contributed by atoms with E-state index in [1.165, 1.54) is 0 Å². The van der Waals surface area contributed by atoms with E-state index in [2.05, 4.69) is 6.92 Å². The van der Waals surface area contributed by atoms with Crippen molar-refractivity contribution in [2.45, 2.75) is 57.6 Å². The highest BCUT2D eigenvalue weighted by atomic mass is 16.5. The van der Waals surface area contributed by atoms with Crippen molar-refractivity contribution in [3.8, 4) is 0 Å². The number of rotatable bonds is 14. The Hall–Kier alpha value is -1.02. The van der Waals surface area contributed by atoms with Gasteiger partial charge in [-0.25, -0.2) is 0 Å². The zero-order valence-electron chi connectivity index (χ0n) is 15.6. The lowest BCUT2D eigenvalue weighted by Crippen LogP contribution is -2.38. The first-order chi connectivity index (χ1) is 12.1. The molecule has 7 nitrogen and oxygen atoms in total. The predicted molar refractivity (Wildman–Crippen MR) is 93.4 cm³/mol. The van der Waals surface area contributed by atoms with Gasteiger partial charge in [0.05, 0.1) is 38.6 Å². The van der Waals surface area contributed by atoms with Gasteiger partial charge in [-0.15, -0.1) is 0 Å². The first-order valence-corrected chi connectivity index (χ1v) is 9.22. The molecule has 25 heavy (non-hydrogen) atoms. The number of aliphatic hydroxyl groups is 1. The number of likely N-dealkylation sites (tertiary alicyclic amines) is 1. The summed E-state index contributed by atoms with van der Waals surface area (Å²) >= 11 is 0. The minimum absolute atomic E-state index is 0.0169. The van der Waals surface area contributed by atoms with Crippen LogP contribution in [-0.4, -0.2) is 80.5 Å². The molecule has 0 saturated carbocycles. The molecule has 2 atom stereocenters. The fourth-order valence-electron chi connectivity index (χ4n) is 2.79. The Kier molecular flexibility index (Phi) is 11.6. The summed E-state index contributed by atoms with van der Waals surface area (Å²) in [6.45, 7) is 4.66. The number of hydrogen-bond acceptors (Lipinski definition) is 6. The van der Waals surface area contributed by atoms with Gasteiger partial charge in [-0.2, -0.15) is 0 Å². The molecule has 0 aromatic carbocycles. The van der Waals surface area contributed by atoms with Crippen molar-refractivity contribution >= 4 is 11.7 Å². The third-order valence-corrected chi connectivity index (χ3v) is 4.40. The zero-order valence-corrected chi connectivity index (χ0v) is 15.6. The van der Waals surface area contributed by atoms with Crippen LogP contribution in [0.4, 0.5) is 0 Å². The molecule has 0 radical (unpaired) electrons. The Balaban J connectivity index is 2.10. The lowest BCUT2D eigenvalue weighted by Gasteiger charge is -2.22. The molecule has 0 spiro atoms. The average molecular weight is 359 g/mol. The summed E-state index contributed by atoms with van der Waals surface area (Å²) in [5.41, 5.74) is 0. The predicted octanol–water partition coefficient (Wildman–Crippen LogP) is 1.17. The van der Waals surface area contributed by atoms with E-state index in [1.807, 2.05) is 0 Å². The Morgan fingerprint density at radius 2 is 1.80 bits per heavy atom. The average Bonchev–Trinajstić information content (AvgIpc) is 3.05. The van der Waals surface area contributed by atoms with Crippen molar-refractivity contribution in [1.82, 2.24) is 4.90 Å². The molecule has 1 N–H and O–H groups in total. The molecule has 0 bridgehead atoms. The van der Waals surface area contributed by atoms with Crippen molar-refractivity contribution in [1.29, 1.82) is 0 Å². The van der Waals surface area contributed by atoms with Crippen LogP contribution < -0.4 is 0 Å². The van der Waals surface area contributed by atoms with Crippen molar-refractivity contribution < 1.29 is 28.9 Å². The van der Waals surface area contributed by atoms with E-state index in [0.29, 0.717) is 39.2 Å². The normalized spacial score (nSPS) is 20.2. The minimum Gasteiger partial charge on any atom is -0.394 e. The second-order valence-corrected chi connectivity index (χ2v) is 6.34. The van der Waals surface area contributed by atoms with Crippen molar-refractivity contribution in [3.05, 3.63) is 0 Å². The van der Waals surface area contributed by atoms with Crippen LogP contribution in [0, 0.1) is 0 Å². The van der Waals surface area contributed by atoms with Gasteiger partial charge in [0, 0.05) is 39.5 Å². The van der Waals surface area contributed by atoms with Gasteiger partial charge in [-0.3, -0.25) is 9.59 Å². The molecule has 1 aliphatic rings. The molecule has 1 heterocycles. The lowest BCUT2D eigenvalue weighted by atomic mass is 10.1. The number of nitrogens with zero attached hydrogens (tertiary/aromatic N) is 1. The quantitative estimate of drug-likeness (QED) is 0.469. The van der Waals surface area contributed by atoms with Crippen LogP contribution in [0.2, 0.25) is 0 Å². The summed E-state index contributed by atoms with van der Waals surface area (Å²) in [4.78, 5) is 25.7. The number of methoxy groups -OCH3 is 1. The number of ether oxygens (including phenoxy) is 3. The van der Waals surface area contributed by atoms with Gasteiger partial charge in [0.1, 0.15) is 5.78 Å². The van der Waals surface area contributed by atoms with E-state index in [0.717, 1.165) is 19.4 Å². The third kappa shape index (κ3) is 8.76. The number of carbonyl (C=O) groups excluding carboxylic acids is 2. The van der Waals surface area contributed by atoms with E-state index >= 15 is 0 Å². The van der Waals surface area contributed by atoms with Crippen LogP contribution in [0.1, 0.15) is 45.4 Å². The van der Waals surface area contributed by atoms with Crippen LogP contribution in [0.3, 0.4) is 0 Å². The maximum atomic E-state index is 12.2. The van der Waals surface area contributed by atoms with Gasteiger partial charge in [-0.1, -0.05) is 13.3 Å². The molecule has 1 rings (SSSR count). The number of Topliss-reactive ketones (excluding diaryl/α,β-unsaturated/α-hetero) is 1. The molecule has 1 amide bonds. The van der Waals surface area contributed by atoms with E-state index in [9.17, 15) is 14.7 Å². The van der Waals surface area contributed by atoms with Crippen molar-refractivity contribution in [2.24, 2.45) is 0 Å². The van der Waals surface area contributed by atoms with Crippen LogP contribution in [0.5, 0.6) is 0 Å². The van der Waals surface area contributed by atoms with Crippen molar-refractivity contribution in [2.75, 3.05) is 46.7 Å². The molecule has 0 aromatic rings. The molecule has 7 heteroatoms. The summed E-state index contributed by atoms with van der Waals surface area (Å²) in [5.74, 6) is -0.0829. The van der Waals surface area contributed by atoms with E-state index in [1.54, 1.807) is 12.0 Å². The Morgan fingerprint density at radius 3 is 2.44 bits per heavy atom. The smallest absolute Gasteiger partial charge is 0.223 e. The fraction of sp³-hybridized carbons (Fsp3) is 0.889. The Bertz CT molecular complexity index is 390. The SMILES string of the molecule is CCCCOCCOCCC(=O)CCC(=O)N1C[C@H](OC)C[C@H]1CO. The second kappa shape index (κ2) is 13.2. The molecule has 1 aliphatic heterocycles. The van der Waals surface area contributed by atoms with Gasteiger partial charge in [0.2, 0.25) is 5.91 Å². The molecule has 1 saturated heterocycles. The zero-order chi connectivity index (χ0) is 18.5.